The van der Waals surface area contributed by atoms with Gasteiger partial charge in [0.2, 0.25) is 0 Å². The first-order valence-electron chi connectivity index (χ1n) is 9.88. The van der Waals surface area contributed by atoms with Crippen LogP contribution in [0.25, 0.3) is 21.8 Å². The molecule has 6 nitrogen and oxygen atoms in total. The van der Waals surface area contributed by atoms with Crippen molar-refractivity contribution in [2.24, 2.45) is 0 Å². The average molecular weight is 387 g/mol. The highest BCUT2D eigenvalue weighted by Gasteiger charge is 2.17. The van der Waals surface area contributed by atoms with Gasteiger partial charge in [-0.1, -0.05) is 30.3 Å². The monoisotopic (exact) mass is 387 g/mol. The van der Waals surface area contributed by atoms with Crippen LogP contribution in [0.2, 0.25) is 0 Å². The van der Waals surface area contributed by atoms with Gasteiger partial charge >= 0.3 is 0 Å². The van der Waals surface area contributed by atoms with E-state index in [1.165, 1.54) is 0 Å². The van der Waals surface area contributed by atoms with E-state index in [1.54, 1.807) is 27.6 Å². The fourth-order valence-corrected chi connectivity index (χ4v) is 3.96. The number of fused-ring (bicyclic) bond motifs is 2. The third-order valence-electron chi connectivity index (χ3n) is 5.51. The topological polar surface area (TPSA) is 66.1 Å². The Hall–Kier alpha value is -3.25. The van der Waals surface area contributed by atoms with Gasteiger partial charge in [-0.3, -0.25) is 9.59 Å². The number of nitrogens with zero attached hydrogens (tertiary/aromatic N) is 3. The molecule has 1 unspecified atom stereocenters. The third kappa shape index (κ3) is 3.36. The number of rotatable bonds is 4. The molecular formula is C23H21N3O3. The van der Waals surface area contributed by atoms with Gasteiger partial charge in [0, 0.05) is 19.0 Å². The molecule has 0 spiro atoms. The molecule has 0 radical (unpaired) electrons. The molecule has 1 aromatic carbocycles. The minimum absolute atomic E-state index is 0.0710. The summed E-state index contributed by atoms with van der Waals surface area (Å²) >= 11 is 0. The Labute approximate surface area is 167 Å². The molecule has 0 bridgehead atoms. The molecule has 0 amide bonds. The maximum atomic E-state index is 13.0. The molecule has 3 aromatic heterocycles. The van der Waals surface area contributed by atoms with E-state index in [0.29, 0.717) is 34.9 Å². The van der Waals surface area contributed by atoms with Crippen LogP contribution in [0.3, 0.4) is 0 Å². The zero-order valence-corrected chi connectivity index (χ0v) is 16.0. The highest BCUT2D eigenvalue weighted by Crippen LogP contribution is 2.17. The van der Waals surface area contributed by atoms with Crippen molar-refractivity contribution in [3.63, 3.8) is 0 Å². The largest absolute Gasteiger partial charge is 0.376 e. The predicted molar refractivity (Wildman–Crippen MR) is 112 cm³/mol. The Balaban J connectivity index is 1.60. The molecule has 5 rings (SSSR count). The summed E-state index contributed by atoms with van der Waals surface area (Å²) in [4.78, 5) is 30.6. The molecule has 146 valence electrons. The Morgan fingerprint density at radius 1 is 0.931 bits per heavy atom. The number of aromatic nitrogens is 3. The Morgan fingerprint density at radius 2 is 1.62 bits per heavy atom. The van der Waals surface area contributed by atoms with E-state index in [1.807, 2.05) is 42.5 Å². The third-order valence-corrected chi connectivity index (χ3v) is 5.51. The van der Waals surface area contributed by atoms with Crippen molar-refractivity contribution < 1.29 is 4.74 Å². The maximum Gasteiger partial charge on any atom is 0.260 e. The molecule has 29 heavy (non-hydrogen) atoms. The molecule has 1 atom stereocenters. The second-order valence-electron chi connectivity index (χ2n) is 7.50. The fraction of sp³-hybridized carbons (Fsp3) is 0.261. The molecule has 0 saturated carbocycles. The minimum Gasteiger partial charge on any atom is -0.376 e. The van der Waals surface area contributed by atoms with Crippen LogP contribution in [-0.2, 0) is 17.8 Å². The van der Waals surface area contributed by atoms with Gasteiger partial charge < -0.3 is 13.9 Å². The summed E-state index contributed by atoms with van der Waals surface area (Å²) in [6, 6.07) is 15.2. The van der Waals surface area contributed by atoms with Crippen molar-refractivity contribution in [2.75, 3.05) is 6.61 Å². The molecule has 0 aliphatic carbocycles. The fourth-order valence-electron chi connectivity index (χ4n) is 3.96. The van der Waals surface area contributed by atoms with Gasteiger partial charge in [0.25, 0.3) is 11.1 Å². The molecule has 1 aliphatic rings. The number of benzene rings is 1. The Kier molecular flexibility index (Phi) is 4.48. The highest BCUT2D eigenvalue weighted by molar-refractivity contribution is 5.91. The van der Waals surface area contributed by atoms with E-state index in [4.69, 9.17) is 4.74 Å². The van der Waals surface area contributed by atoms with E-state index in [0.717, 1.165) is 25.0 Å². The van der Waals surface area contributed by atoms with Crippen LogP contribution in [0.15, 0.2) is 70.5 Å². The molecule has 1 saturated heterocycles. The number of hydrogen-bond donors (Lipinski definition) is 0. The summed E-state index contributed by atoms with van der Waals surface area (Å²) in [6.07, 6.45) is 5.59. The predicted octanol–water partition coefficient (Wildman–Crippen LogP) is 2.94. The smallest absolute Gasteiger partial charge is 0.260 e. The summed E-state index contributed by atoms with van der Waals surface area (Å²) in [5, 5.41) is 0.926. The van der Waals surface area contributed by atoms with Crippen LogP contribution >= 0.6 is 0 Å². The quantitative estimate of drug-likeness (QED) is 0.505. The first-order valence-corrected chi connectivity index (χ1v) is 9.88. The lowest BCUT2D eigenvalue weighted by Crippen LogP contribution is -2.26. The van der Waals surface area contributed by atoms with Gasteiger partial charge in [-0.25, -0.2) is 4.98 Å². The van der Waals surface area contributed by atoms with Crippen LogP contribution < -0.4 is 11.1 Å². The van der Waals surface area contributed by atoms with E-state index in [9.17, 15) is 9.59 Å². The summed E-state index contributed by atoms with van der Waals surface area (Å²) < 4.78 is 8.97. The Bertz CT molecular complexity index is 1300. The van der Waals surface area contributed by atoms with E-state index in [-0.39, 0.29) is 17.2 Å². The molecule has 6 heteroatoms. The SMILES string of the molecule is O=c1c2cc3c(=O)n(CC4CCCO4)ccc3nc2ccn1Cc1ccccc1. The minimum atomic E-state index is -0.144. The average Bonchev–Trinajstić information content (AvgIpc) is 3.26. The van der Waals surface area contributed by atoms with Crippen LogP contribution in [0, 0.1) is 0 Å². The van der Waals surface area contributed by atoms with Crippen molar-refractivity contribution >= 4 is 21.8 Å². The number of ether oxygens (including phenoxy) is 1. The summed E-state index contributed by atoms with van der Waals surface area (Å²) in [5.74, 6) is 0. The second kappa shape index (κ2) is 7.29. The van der Waals surface area contributed by atoms with Crippen LogP contribution in [0.4, 0.5) is 0 Å². The van der Waals surface area contributed by atoms with Gasteiger partial charge in [-0.2, -0.15) is 0 Å². The maximum absolute atomic E-state index is 13.0. The Morgan fingerprint density at radius 3 is 2.31 bits per heavy atom. The lowest BCUT2D eigenvalue weighted by Gasteiger charge is -2.13. The van der Waals surface area contributed by atoms with Crippen LogP contribution in [0.1, 0.15) is 18.4 Å². The first-order chi connectivity index (χ1) is 14.2. The van der Waals surface area contributed by atoms with Gasteiger partial charge in [0.05, 0.1) is 41.0 Å². The van der Waals surface area contributed by atoms with Crippen molar-refractivity contribution in [2.45, 2.75) is 32.0 Å². The zero-order valence-electron chi connectivity index (χ0n) is 16.0. The summed E-state index contributed by atoms with van der Waals surface area (Å²) in [5.41, 5.74) is 1.97. The van der Waals surface area contributed by atoms with Gasteiger partial charge in [-0.05, 0) is 36.6 Å². The van der Waals surface area contributed by atoms with Crippen LogP contribution in [-0.4, -0.2) is 26.8 Å². The molecule has 0 N–H and O–H groups in total. The molecule has 4 aromatic rings. The molecule has 1 fully saturated rings. The highest BCUT2D eigenvalue weighted by atomic mass is 16.5. The van der Waals surface area contributed by atoms with Crippen molar-refractivity contribution in [1.29, 1.82) is 0 Å². The molecular weight excluding hydrogens is 366 g/mol. The number of hydrogen-bond acceptors (Lipinski definition) is 4. The zero-order chi connectivity index (χ0) is 19.8. The lowest BCUT2D eigenvalue weighted by molar-refractivity contribution is 0.0963. The normalized spacial score (nSPS) is 16.6. The van der Waals surface area contributed by atoms with E-state index >= 15 is 0 Å². The lowest BCUT2D eigenvalue weighted by atomic mass is 10.1. The van der Waals surface area contributed by atoms with Gasteiger partial charge in [0.15, 0.2) is 0 Å². The van der Waals surface area contributed by atoms with Crippen molar-refractivity contribution in [1.82, 2.24) is 14.1 Å². The summed E-state index contributed by atoms with van der Waals surface area (Å²) in [7, 11) is 0. The van der Waals surface area contributed by atoms with Crippen molar-refractivity contribution in [3.8, 4) is 0 Å². The standard InChI is InChI=1S/C23H21N3O3/c27-22-18-13-19-21(9-11-26(23(19)28)15-17-7-4-12-29-17)24-20(18)8-10-25(22)14-16-5-2-1-3-6-16/h1-3,5-6,8-11,13,17H,4,7,12,14-15H2. The second-order valence-corrected chi connectivity index (χ2v) is 7.50. The first kappa shape index (κ1) is 17.8. The van der Waals surface area contributed by atoms with E-state index < -0.39 is 0 Å². The van der Waals surface area contributed by atoms with Crippen molar-refractivity contribution in [3.05, 3.63) is 87.2 Å². The van der Waals surface area contributed by atoms with Gasteiger partial charge in [0.1, 0.15) is 0 Å². The molecule has 4 heterocycles. The van der Waals surface area contributed by atoms with E-state index in [2.05, 4.69) is 4.98 Å². The number of pyridine rings is 3. The van der Waals surface area contributed by atoms with Crippen LogP contribution in [0.5, 0.6) is 0 Å². The van der Waals surface area contributed by atoms with Gasteiger partial charge in [-0.15, -0.1) is 0 Å². The summed E-state index contributed by atoms with van der Waals surface area (Å²) in [6.45, 7) is 1.76. The molecule has 1 aliphatic heterocycles.